The molecule has 4 rings (SSSR count). The van der Waals surface area contributed by atoms with Crippen molar-refractivity contribution < 1.29 is 9.47 Å². The van der Waals surface area contributed by atoms with Crippen LogP contribution in [0.15, 0.2) is 66.7 Å². The molecule has 0 spiro atoms. The van der Waals surface area contributed by atoms with Crippen LogP contribution in [0, 0.1) is 0 Å². The Labute approximate surface area is 187 Å². The van der Waals surface area contributed by atoms with Crippen molar-refractivity contribution >= 4 is 34.6 Å². The standard InChI is InChI=1S/C24H24Cl2N2O2/c25-21-7-3-1-6-19(21)17-30-24-8-4-2-5-18(24)16-27-20-9-10-23(22(26)15-20)28-11-13-29-14-12-28/h1-10,15,27H,11-14,16-17H2. The molecule has 1 saturated heterocycles. The molecule has 3 aromatic carbocycles. The third-order valence-corrected chi connectivity index (χ3v) is 5.77. The van der Waals surface area contributed by atoms with Crippen LogP contribution in [-0.4, -0.2) is 26.3 Å². The van der Waals surface area contributed by atoms with Gasteiger partial charge >= 0.3 is 0 Å². The summed E-state index contributed by atoms with van der Waals surface area (Å²) in [6.45, 7) is 4.26. The van der Waals surface area contributed by atoms with Crippen molar-refractivity contribution in [3.63, 3.8) is 0 Å². The van der Waals surface area contributed by atoms with Gasteiger partial charge in [0.1, 0.15) is 12.4 Å². The second-order valence-corrected chi connectivity index (χ2v) is 7.92. The highest BCUT2D eigenvalue weighted by Crippen LogP contribution is 2.30. The minimum absolute atomic E-state index is 0.427. The van der Waals surface area contributed by atoms with Crippen LogP contribution in [0.5, 0.6) is 5.75 Å². The largest absolute Gasteiger partial charge is 0.488 e. The van der Waals surface area contributed by atoms with Crippen LogP contribution < -0.4 is 15.0 Å². The van der Waals surface area contributed by atoms with Crippen molar-refractivity contribution in [3.05, 3.63) is 87.9 Å². The Bertz CT molecular complexity index is 990. The molecule has 6 heteroatoms. The lowest BCUT2D eigenvalue weighted by atomic mass is 10.2. The first-order valence-corrected chi connectivity index (χ1v) is 10.8. The van der Waals surface area contributed by atoms with Crippen molar-refractivity contribution in [1.29, 1.82) is 0 Å². The van der Waals surface area contributed by atoms with Crippen LogP contribution in [0.1, 0.15) is 11.1 Å². The van der Waals surface area contributed by atoms with E-state index in [0.29, 0.717) is 18.2 Å². The molecular weight excluding hydrogens is 419 g/mol. The summed E-state index contributed by atoms with van der Waals surface area (Å²) < 4.78 is 11.5. The first-order valence-electron chi connectivity index (χ1n) is 10.0. The molecule has 1 aliphatic heterocycles. The summed E-state index contributed by atoms with van der Waals surface area (Å²) >= 11 is 12.8. The number of nitrogens with zero attached hydrogens (tertiary/aromatic N) is 1. The molecule has 4 nitrogen and oxygen atoms in total. The quantitative estimate of drug-likeness (QED) is 0.484. The Hall–Kier alpha value is -2.40. The van der Waals surface area contributed by atoms with Gasteiger partial charge in [0, 0.05) is 41.5 Å². The summed E-state index contributed by atoms with van der Waals surface area (Å²) in [7, 11) is 0. The molecule has 0 amide bonds. The number of benzene rings is 3. The van der Waals surface area contributed by atoms with Crippen molar-refractivity contribution in [2.75, 3.05) is 36.5 Å². The normalized spacial score (nSPS) is 13.9. The maximum atomic E-state index is 6.55. The lowest BCUT2D eigenvalue weighted by molar-refractivity contribution is 0.122. The van der Waals surface area contributed by atoms with E-state index in [1.54, 1.807) is 0 Å². The summed E-state index contributed by atoms with van der Waals surface area (Å²) in [4.78, 5) is 2.26. The first kappa shape index (κ1) is 20.9. The number of hydrogen-bond acceptors (Lipinski definition) is 4. The predicted molar refractivity (Wildman–Crippen MR) is 124 cm³/mol. The van der Waals surface area contributed by atoms with E-state index in [0.717, 1.165) is 59.6 Å². The monoisotopic (exact) mass is 442 g/mol. The van der Waals surface area contributed by atoms with E-state index in [1.165, 1.54) is 0 Å². The van der Waals surface area contributed by atoms with Crippen LogP contribution in [0.4, 0.5) is 11.4 Å². The van der Waals surface area contributed by atoms with Crippen LogP contribution in [-0.2, 0) is 17.9 Å². The van der Waals surface area contributed by atoms with E-state index < -0.39 is 0 Å². The third-order valence-electron chi connectivity index (χ3n) is 5.10. The number of halogens is 2. The first-order chi connectivity index (χ1) is 14.7. The number of nitrogens with one attached hydrogen (secondary N) is 1. The number of anilines is 2. The molecule has 1 fully saturated rings. The molecule has 3 aromatic rings. The Morgan fingerprint density at radius 2 is 1.60 bits per heavy atom. The van der Waals surface area contributed by atoms with Crippen molar-refractivity contribution in [3.8, 4) is 5.75 Å². The minimum Gasteiger partial charge on any atom is -0.488 e. The smallest absolute Gasteiger partial charge is 0.124 e. The highest BCUT2D eigenvalue weighted by atomic mass is 35.5. The number of morpholine rings is 1. The topological polar surface area (TPSA) is 33.7 Å². The Morgan fingerprint density at radius 1 is 0.867 bits per heavy atom. The molecule has 0 radical (unpaired) electrons. The van der Waals surface area contributed by atoms with Gasteiger partial charge < -0.3 is 19.7 Å². The second kappa shape index (κ2) is 10.1. The maximum absolute atomic E-state index is 6.55. The fraction of sp³-hybridized carbons (Fsp3) is 0.250. The van der Waals surface area contributed by atoms with Gasteiger partial charge in [-0.3, -0.25) is 0 Å². The zero-order valence-electron chi connectivity index (χ0n) is 16.6. The Morgan fingerprint density at radius 3 is 2.37 bits per heavy atom. The molecule has 1 N–H and O–H groups in total. The van der Waals surface area contributed by atoms with Crippen molar-refractivity contribution in [2.24, 2.45) is 0 Å². The lowest BCUT2D eigenvalue weighted by Crippen LogP contribution is -2.36. The number of para-hydroxylation sites is 1. The Kier molecular flexibility index (Phi) is 7.00. The molecular formula is C24H24Cl2N2O2. The van der Waals surface area contributed by atoms with E-state index in [2.05, 4.69) is 28.4 Å². The van der Waals surface area contributed by atoms with Gasteiger partial charge in [0.15, 0.2) is 0 Å². The number of hydrogen-bond donors (Lipinski definition) is 1. The number of ether oxygens (including phenoxy) is 2. The summed E-state index contributed by atoms with van der Waals surface area (Å²) in [5.74, 6) is 0.834. The van der Waals surface area contributed by atoms with Crippen LogP contribution >= 0.6 is 23.2 Å². The zero-order chi connectivity index (χ0) is 20.8. The van der Waals surface area contributed by atoms with Gasteiger partial charge in [0.05, 0.1) is 23.9 Å². The summed E-state index contributed by atoms with van der Waals surface area (Å²) in [6.07, 6.45) is 0. The lowest BCUT2D eigenvalue weighted by Gasteiger charge is -2.29. The van der Waals surface area contributed by atoms with E-state index in [9.17, 15) is 0 Å². The van der Waals surface area contributed by atoms with E-state index >= 15 is 0 Å². The van der Waals surface area contributed by atoms with Gasteiger partial charge in [-0.15, -0.1) is 0 Å². The van der Waals surface area contributed by atoms with Gasteiger partial charge in [-0.05, 0) is 30.3 Å². The second-order valence-electron chi connectivity index (χ2n) is 7.11. The summed E-state index contributed by atoms with van der Waals surface area (Å²) in [5, 5.41) is 4.90. The van der Waals surface area contributed by atoms with Gasteiger partial charge in [0.25, 0.3) is 0 Å². The Balaban J connectivity index is 1.40. The highest BCUT2D eigenvalue weighted by Gasteiger charge is 2.14. The molecule has 156 valence electrons. The van der Waals surface area contributed by atoms with Gasteiger partial charge in [-0.1, -0.05) is 59.6 Å². The van der Waals surface area contributed by atoms with Crippen LogP contribution in [0.3, 0.4) is 0 Å². The molecule has 0 saturated carbocycles. The third kappa shape index (κ3) is 5.20. The SMILES string of the molecule is Clc1ccccc1COc1ccccc1CNc1ccc(N2CCOCC2)c(Cl)c1. The average Bonchev–Trinajstić information content (AvgIpc) is 2.78. The molecule has 0 bridgehead atoms. The fourth-order valence-electron chi connectivity index (χ4n) is 3.44. The van der Waals surface area contributed by atoms with Gasteiger partial charge in [-0.2, -0.15) is 0 Å². The van der Waals surface area contributed by atoms with Crippen LogP contribution in [0.2, 0.25) is 10.0 Å². The molecule has 0 atom stereocenters. The number of rotatable bonds is 7. The average molecular weight is 443 g/mol. The molecule has 0 unspecified atom stereocenters. The van der Waals surface area contributed by atoms with Crippen molar-refractivity contribution in [1.82, 2.24) is 0 Å². The van der Waals surface area contributed by atoms with E-state index in [1.807, 2.05) is 48.5 Å². The van der Waals surface area contributed by atoms with E-state index in [-0.39, 0.29) is 0 Å². The van der Waals surface area contributed by atoms with E-state index in [4.69, 9.17) is 32.7 Å². The van der Waals surface area contributed by atoms with Gasteiger partial charge in [0.2, 0.25) is 0 Å². The van der Waals surface area contributed by atoms with Crippen LogP contribution in [0.25, 0.3) is 0 Å². The molecule has 1 aliphatic rings. The predicted octanol–water partition coefficient (Wildman–Crippen LogP) is 6.02. The molecule has 0 aliphatic carbocycles. The van der Waals surface area contributed by atoms with Crippen molar-refractivity contribution in [2.45, 2.75) is 13.2 Å². The highest BCUT2D eigenvalue weighted by molar-refractivity contribution is 6.33. The fourth-order valence-corrected chi connectivity index (χ4v) is 3.93. The van der Waals surface area contributed by atoms with Gasteiger partial charge in [-0.25, -0.2) is 0 Å². The molecule has 0 aromatic heterocycles. The molecule has 1 heterocycles. The summed E-state index contributed by atoms with van der Waals surface area (Å²) in [5.41, 5.74) is 4.05. The zero-order valence-corrected chi connectivity index (χ0v) is 18.1. The maximum Gasteiger partial charge on any atom is 0.124 e. The summed E-state index contributed by atoms with van der Waals surface area (Å²) in [6, 6.07) is 21.8. The minimum atomic E-state index is 0.427. The molecule has 30 heavy (non-hydrogen) atoms.